The average Bonchev–Trinajstić information content (AvgIpc) is 2.35. The summed E-state index contributed by atoms with van der Waals surface area (Å²) < 4.78 is 0. The van der Waals surface area contributed by atoms with E-state index in [-0.39, 0.29) is 5.91 Å². The van der Waals surface area contributed by atoms with Gasteiger partial charge in [0.1, 0.15) is 0 Å². The quantitative estimate of drug-likeness (QED) is 0.620. The van der Waals surface area contributed by atoms with Gasteiger partial charge in [0.05, 0.1) is 13.2 Å². The third-order valence-corrected chi connectivity index (χ3v) is 3.22. The highest BCUT2D eigenvalue weighted by molar-refractivity contribution is 5.80. The second-order valence-corrected chi connectivity index (χ2v) is 4.49. The summed E-state index contributed by atoms with van der Waals surface area (Å²) in [7, 11) is 0. The number of carbonyl (C=O) groups excluding carboxylic acids is 1. The van der Waals surface area contributed by atoms with Gasteiger partial charge in [-0.3, -0.25) is 10.1 Å². The van der Waals surface area contributed by atoms with E-state index in [1.807, 2.05) is 4.90 Å². The van der Waals surface area contributed by atoms with Gasteiger partial charge in [0.25, 0.3) is 0 Å². The van der Waals surface area contributed by atoms with Crippen molar-refractivity contribution in [2.75, 3.05) is 13.2 Å². The van der Waals surface area contributed by atoms with Crippen molar-refractivity contribution in [1.82, 2.24) is 10.2 Å². The molecule has 2 rings (SSSR count). The molecule has 1 aliphatic carbocycles. The summed E-state index contributed by atoms with van der Waals surface area (Å²) in [5.74, 6) is 0.271. The lowest BCUT2D eigenvalue weighted by Crippen LogP contribution is -2.53. The number of carbonyl (C=O) groups is 1. The van der Waals surface area contributed by atoms with Gasteiger partial charge in [-0.05, 0) is 18.3 Å². The monoisotopic (exact) mass is 168 g/mol. The van der Waals surface area contributed by atoms with Gasteiger partial charge in [-0.25, -0.2) is 0 Å². The minimum absolute atomic E-state index is 0.271. The van der Waals surface area contributed by atoms with E-state index in [1.165, 1.54) is 12.8 Å². The minimum Gasteiger partial charge on any atom is -0.325 e. The highest BCUT2D eigenvalue weighted by atomic mass is 16.2. The zero-order valence-electron chi connectivity index (χ0n) is 7.76. The van der Waals surface area contributed by atoms with Crippen molar-refractivity contribution >= 4 is 5.91 Å². The number of amides is 1. The summed E-state index contributed by atoms with van der Waals surface area (Å²) in [4.78, 5) is 13.3. The number of nitrogens with zero attached hydrogens (tertiary/aromatic N) is 1. The second-order valence-electron chi connectivity index (χ2n) is 4.49. The van der Waals surface area contributed by atoms with Crippen molar-refractivity contribution < 1.29 is 4.79 Å². The van der Waals surface area contributed by atoms with Gasteiger partial charge in [-0.1, -0.05) is 13.8 Å². The Balaban J connectivity index is 2.05. The zero-order chi connectivity index (χ0) is 8.77. The van der Waals surface area contributed by atoms with Crippen LogP contribution >= 0.6 is 0 Å². The Morgan fingerprint density at radius 3 is 2.67 bits per heavy atom. The van der Waals surface area contributed by atoms with Crippen LogP contribution in [0.15, 0.2) is 0 Å². The average molecular weight is 168 g/mol. The van der Waals surface area contributed by atoms with E-state index >= 15 is 0 Å². The molecule has 1 unspecified atom stereocenters. The van der Waals surface area contributed by atoms with Crippen LogP contribution in [0.4, 0.5) is 0 Å². The first-order chi connectivity index (χ1) is 5.61. The number of nitrogens with one attached hydrogen (secondary N) is 1. The molecule has 1 amide bonds. The maximum Gasteiger partial charge on any atom is 0.237 e. The third kappa shape index (κ3) is 1.04. The van der Waals surface area contributed by atoms with Crippen LogP contribution in [0.25, 0.3) is 0 Å². The minimum atomic E-state index is 0.271. The Bertz CT molecular complexity index is 213. The topological polar surface area (TPSA) is 32.3 Å². The van der Waals surface area contributed by atoms with Crippen LogP contribution in [0, 0.1) is 5.41 Å². The van der Waals surface area contributed by atoms with Gasteiger partial charge in [0, 0.05) is 6.04 Å². The molecule has 0 aromatic carbocycles. The van der Waals surface area contributed by atoms with Crippen molar-refractivity contribution in [2.45, 2.75) is 32.7 Å². The van der Waals surface area contributed by atoms with E-state index in [9.17, 15) is 4.79 Å². The fourth-order valence-corrected chi connectivity index (χ4v) is 2.19. The molecule has 0 aromatic rings. The Hall–Kier alpha value is -0.570. The van der Waals surface area contributed by atoms with Gasteiger partial charge in [0.2, 0.25) is 5.91 Å². The fraction of sp³-hybridized carbons (Fsp3) is 0.889. The van der Waals surface area contributed by atoms with E-state index < -0.39 is 0 Å². The Kier molecular flexibility index (Phi) is 1.65. The SMILES string of the molecule is CC1(C)CCC1N1CNCC1=O. The van der Waals surface area contributed by atoms with Crippen LogP contribution in [0.3, 0.4) is 0 Å². The number of hydrogen-bond donors (Lipinski definition) is 1. The van der Waals surface area contributed by atoms with E-state index in [1.54, 1.807) is 0 Å². The van der Waals surface area contributed by atoms with Crippen LogP contribution in [0.1, 0.15) is 26.7 Å². The third-order valence-electron chi connectivity index (χ3n) is 3.22. The van der Waals surface area contributed by atoms with Gasteiger partial charge in [-0.15, -0.1) is 0 Å². The molecular weight excluding hydrogens is 152 g/mol. The normalized spacial score (nSPS) is 33.7. The molecule has 1 saturated heterocycles. The summed E-state index contributed by atoms with van der Waals surface area (Å²) in [6.45, 7) is 5.78. The standard InChI is InChI=1S/C9H16N2O/c1-9(2)4-3-7(9)11-6-10-5-8(11)12/h7,10H,3-6H2,1-2H3. The predicted molar refractivity (Wildman–Crippen MR) is 46.5 cm³/mol. The molecule has 0 spiro atoms. The Labute approximate surface area is 73.1 Å². The van der Waals surface area contributed by atoms with E-state index in [0.29, 0.717) is 18.0 Å². The van der Waals surface area contributed by atoms with Crippen LogP contribution in [0.2, 0.25) is 0 Å². The largest absolute Gasteiger partial charge is 0.325 e. The molecule has 3 nitrogen and oxygen atoms in total. The van der Waals surface area contributed by atoms with Crippen LogP contribution < -0.4 is 5.32 Å². The molecule has 1 atom stereocenters. The summed E-state index contributed by atoms with van der Waals surface area (Å²) >= 11 is 0. The fourth-order valence-electron chi connectivity index (χ4n) is 2.19. The molecule has 0 radical (unpaired) electrons. The molecular formula is C9H16N2O. The lowest BCUT2D eigenvalue weighted by Gasteiger charge is -2.49. The molecule has 1 saturated carbocycles. The highest BCUT2D eigenvalue weighted by Gasteiger charge is 2.44. The van der Waals surface area contributed by atoms with E-state index in [4.69, 9.17) is 0 Å². The van der Waals surface area contributed by atoms with Gasteiger partial charge in [0.15, 0.2) is 0 Å². The van der Waals surface area contributed by atoms with Crippen molar-refractivity contribution in [3.63, 3.8) is 0 Å². The van der Waals surface area contributed by atoms with Crippen molar-refractivity contribution in [3.8, 4) is 0 Å². The smallest absolute Gasteiger partial charge is 0.237 e. The van der Waals surface area contributed by atoms with Crippen LogP contribution in [-0.2, 0) is 4.79 Å². The molecule has 1 N–H and O–H groups in total. The number of rotatable bonds is 1. The van der Waals surface area contributed by atoms with E-state index in [2.05, 4.69) is 19.2 Å². The lowest BCUT2D eigenvalue weighted by atomic mass is 9.66. The van der Waals surface area contributed by atoms with Gasteiger partial charge < -0.3 is 4.90 Å². The highest BCUT2D eigenvalue weighted by Crippen LogP contribution is 2.43. The summed E-state index contributed by atoms with van der Waals surface area (Å²) in [5.41, 5.74) is 0.349. The molecule has 0 aromatic heterocycles. The maximum atomic E-state index is 11.4. The maximum absolute atomic E-state index is 11.4. The van der Waals surface area contributed by atoms with Crippen molar-refractivity contribution in [3.05, 3.63) is 0 Å². The predicted octanol–water partition coefficient (Wildman–Crippen LogP) is 0.564. The van der Waals surface area contributed by atoms with Crippen molar-refractivity contribution in [1.29, 1.82) is 0 Å². The molecule has 2 fully saturated rings. The van der Waals surface area contributed by atoms with Crippen LogP contribution in [-0.4, -0.2) is 30.1 Å². The first-order valence-corrected chi connectivity index (χ1v) is 4.61. The van der Waals surface area contributed by atoms with Crippen molar-refractivity contribution in [2.24, 2.45) is 5.41 Å². The zero-order valence-corrected chi connectivity index (χ0v) is 7.76. The summed E-state index contributed by atoms with van der Waals surface area (Å²) in [6, 6.07) is 0.486. The van der Waals surface area contributed by atoms with Gasteiger partial charge in [-0.2, -0.15) is 0 Å². The first kappa shape index (κ1) is 8.05. The first-order valence-electron chi connectivity index (χ1n) is 4.61. The lowest BCUT2D eigenvalue weighted by molar-refractivity contribution is -0.134. The molecule has 2 aliphatic rings. The molecule has 1 aliphatic heterocycles. The molecule has 12 heavy (non-hydrogen) atoms. The van der Waals surface area contributed by atoms with Gasteiger partial charge >= 0.3 is 0 Å². The summed E-state index contributed by atoms with van der Waals surface area (Å²) in [6.07, 6.45) is 2.43. The Morgan fingerprint density at radius 1 is 1.58 bits per heavy atom. The molecule has 1 heterocycles. The molecule has 0 bridgehead atoms. The summed E-state index contributed by atoms with van der Waals surface area (Å²) in [5, 5.41) is 3.09. The van der Waals surface area contributed by atoms with Crippen LogP contribution in [0.5, 0.6) is 0 Å². The number of hydrogen-bond acceptors (Lipinski definition) is 2. The Morgan fingerprint density at radius 2 is 2.33 bits per heavy atom. The second kappa shape index (κ2) is 2.46. The molecule has 68 valence electrons. The van der Waals surface area contributed by atoms with E-state index in [0.717, 1.165) is 6.67 Å². The molecule has 3 heteroatoms.